The molecular weight excluding hydrogens is 464 g/mol. The van der Waals surface area contributed by atoms with Crippen molar-refractivity contribution in [1.82, 2.24) is 19.8 Å². The van der Waals surface area contributed by atoms with Gasteiger partial charge >= 0.3 is 0 Å². The van der Waals surface area contributed by atoms with Crippen LogP contribution in [0.15, 0.2) is 54.2 Å². The van der Waals surface area contributed by atoms with Crippen molar-refractivity contribution in [2.24, 2.45) is 0 Å². The third kappa shape index (κ3) is 4.34. The number of nitrogens with one attached hydrogen (secondary N) is 1. The van der Waals surface area contributed by atoms with Crippen molar-refractivity contribution >= 4 is 45.2 Å². The third-order valence-electron chi connectivity index (χ3n) is 6.53. The van der Waals surface area contributed by atoms with E-state index in [1.807, 2.05) is 39.9 Å². The number of rotatable bonds is 5. The van der Waals surface area contributed by atoms with Crippen LogP contribution in [0.3, 0.4) is 0 Å². The first-order valence-corrected chi connectivity index (χ1v) is 13.3. The lowest BCUT2D eigenvalue weighted by Crippen LogP contribution is -2.35. The van der Waals surface area contributed by atoms with Crippen LogP contribution in [0.4, 0.5) is 0 Å². The molecule has 174 valence electrons. The first-order chi connectivity index (χ1) is 16.7. The molecule has 6 rings (SSSR count). The number of aromatic amines is 1. The second-order valence-electron chi connectivity index (χ2n) is 8.68. The van der Waals surface area contributed by atoms with E-state index in [0.29, 0.717) is 6.54 Å². The molecule has 0 aromatic carbocycles. The second kappa shape index (κ2) is 9.46. The van der Waals surface area contributed by atoms with Crippen molar-refractivity contribution in [3.05, 3.63) is 69.5 Å². The van der Waals surface area contributed by atoms with Gasteiger partial charge in [-0.1, -0.05) is 12.1 Å². The fourth-order valence-corrected chi connectivity index (χ4v) is 6.38. The highest BCUT2D eigenvalue weighted by atomic mass is 32.1. The quantitative estimate of drug-likeness (QED) is 0.422. The number of carbonyl (C=O) groups is 1. The van der Waals surface area contributed by atoms with Gasteiger partial charge in [-0.25, -0.2) is 4.98 Å². The molecule has 6 nitrogen and oxygen atoms in total. The molecule has 1 amide bonds. The fraction of sp³-hybridized carbons (Fsp3) is 0.308. The van der Waals surface area contributed by atoms with Gasteiger partial charge in [0.2, 0.25) is 0 Å². The maximum Gasteiger partial charge on any atom is 0.264 e. The zero-order valence-electron chi connectivity index (χ0n) is 18.8. The molecule has 0 saturated carbocycles. The lowest BCUT2D eigenvalue weighted by molar-refractivity contribution is 0.0346. The smallest absolute Gasteiger partial charge is 0.264 e. The molecule has 4 aromatic heterocycles. The van der Waals surface area contributed by atoms with Crippen molar-refractivity contribution in [2.75, 3.05) is 39.4 Å². The summed E-state index contributed by atoms with van der Waals surface area (Å²) in [5, 5.41) is 3.10. The van der Waals surface area contributed by atoms with Gasteiger partial charge in [0.15, 0.2) is 0 Å². The van der Waals surface area contributed by atoms with E-state index in [-0.39, 0.29) is 5.91 Å². The SMILES string of the molecule is O=C(c1cccs1)N1CC=C(c2c[nH]c3ncc(-c4ccc(CN5CCOCC5)s4)cc23)CC1. The molecule has 0 atom stereocenters. The van der Waals surface area contributed by atoms with Crippen molar-refractivity contribution < 1.29 is 9.53 Å². The van der Waals surface area contributed by atoms with Crippen LogP contribution in [-0.4, -0.2) is 65.1 Å². The first-order valence-electron chi connectivity index (χ1n) is 11.6. The molecule has 0 unspecified atom stereocenters. The van der Waals surface area contributed by atoms with Crippen molar-refractivity contribution in [3.63, 3.8) is 0 Å². The van der Waals surface area contributed by atoms with Crippen LogP contribution in [0.1, 0.15) is 26.5 Å². The zero-order chi connectivity index (χ0) is 22.9. The Hall–Kier alpha value is -2.78. The topological polar surface area (TPSA) is 61.5 Å². The molecule has 2 aliphatic rings. The monoisotopic (exact) mass is 490 g/mol. The first kappa shape index (κ1) is 21.7. The Balaban J connectivity index is 1.21. The molecule has 34 heavy (non-hydrogen) atoms. The zero-order valence-corrected chi connectivity index (χ0v) is 20.5. The van der Waals surface area contributed by atoms with E-state index in [4.69, 9.17) is 9.72 Å². The Kier molecular flexibility index (Phi) is 6.05. The number of aromatic nitrogens is 2. The normalized spacial score (nSPS) is 17.3. The predicted octanol–water partition coefficient (Wildman–Crippen LogP) is 5.11. The van der Waals surface area contributed by atoms with E-state index >= 15 is 0 Å². The average Bonchev–Trinajstić information content (AvgIpc) is 3.65. The van der Waals surface area contributed by atoms with Crippen LogP contribution in [0.5, 0.6) is 0 Å². The highest BCUT2D eigenvalue weighted by molar-refractivity contribution is 7.15. The molecule has 0 aliphatic carbocycles. The Morgan fingerprint density at radius 1 is 1.18 bits per heavy atom. The fourth-order valence-electron chi connectivity index (χ4n) is 4.66. The standard InChI is InChI=1S/C26H26N4O2S2/c31-26(24-2-1-13-33-24)30-7-5-18(6-8-30)22-16-28-25-21(22)14-19(15-27-25)23-4-3-20(34-23)17-29-9-11-32-12-10-29/h1-5,13-16H,6-12,17H2,(H,27,28). The van der Waals surface area contributed by atoms with E-state index in [1.54, 1.807) is 0 Å². The minimum atomic E-state index is 0.124. The minimum absolute atomic E-state index is 0.124. The molecule has 4 aromatic rings. The van der Waals surface area contributed by atoms with Gasteiger partial charge < -0.3 is 14.6 Å². The molecule has 1 N–H and O–H groups in total. The van der Waals surface area contributed by atoms with Gasteiger partial charge in [-0.3, -0.25) is 9.69 Å². The van der Waals surface area contributed by atoms with Gasteiger partial charge in [0, 0.05) is 71.4 Å². The lowest BCUT2D eigenvalue weighted by Gasteiger charge is -2.26. The number of thiophene rings is 2. The lowest BCUT2D eigenvalue weighted by atomic mass is 9.99. The third-order valence-corrected chi connectivity index (χ3v) is 8.51. The van der Waals surface area contributed by atoms with E-state index in [0.717, 1.165) is 67.3 Å². The summed E-state index contributed by atoms with van der Waals surface area (Å²) in [5.74, 6) is 0.124. The van der Waals surface area contributed by atoms with Crippen LogP contribution in [-0.2, 0) is 11.3 Å². The average molecular weight is 491 g/mol. The van der Waals surface area contributed by atoms with Crippen LogP contribution >= 0.6 is 22.7 Å². The van der Waals surface area contributed by atoms with Crippen molar-refractivity contribution in [1.29, 1.82) is 0 Å². The molecule has 0 bridgehead atoms. The van der Waals surface area contributed by atoms with Gasteiger partial charge in [-0.2, -0.15) is 0 Å². The Morgan fingerprint density at radius 3 is 2.88 bits per heavy atom. The van der Waals surface area contributed by atoms with Crippen LogP contribution in [0.2, 0.25) is 0 Å². The van der Waals surface area contributed by atoms with Gasteiger partial charge in [0.25, 0.3) is 5.91 Å². The van der Waals surface area contributed by atoms with Crippen LogP contribution in [0.25, 0.3) is 27.0 Å². The number of hydrogen-bond acceptors (Lipinski definition) is 6. The summed E-state index contributed by atoms with van der Waals surface area (Å²) in [6.07, 6.45) is 7.05. The Morgan fingerprint density at radius 2 is 2.09 bits per heavy atom. The van der Waals surface area contributed by atoms with Gasteiger partial charge in [0.05, 0.1) is 18.1 Å². The summed E-state index contributed by atoms with van der Waals surface area (Å²) >= 11 is 3.35. The van der Waals surface area contributed by atoms with Crippen molar-refractivity contribution in [3.8, 4) is 10.4 Å². The number of amides is 1. The van der Waals surface area contributed by atoms with E-state index in [9.17, 15) is 4.79 Å². The van der Waals surface area contributed by atoms with E-state index in [2.05, 4.69) is 40.4 Å². The molecule has 2 aliphatic heterocycles. The summed E-state index contributed by atoms with van der Waals surface area (Å²) in [4.78, 5) is 28.5. The molecule has 8 heteroatoms. The second-order valence-corrected chi connectivity index (χ2v) is 10.8. The molecule has 1 fully saturated rings. The van der Waals surface area contributed by atoms with Gasteiger partial charge in [0.1, 0.15) is 5.65 Å². The summed E-state index contributed by atoms with van der Waals surface area (Å²) in [7, 11) is 0. The minimum Gasteiger partial charge on any atom is -0.379 e. The predicted molar refractivity (Wildman–Crippen MR) is 138 cm³/mol. The number of pyridine rings is 1. The van der Waals surface area contributed by atoms with E-state index in [1.165, 1.54) is 32.2 Å². The number of carbonyl (C=O) groups excluding carboxylic acids is 1. The number of morpholine rings is 1. The molecule has 0 spiro atoms. The number of hydrogen-bond donors (Lipinski definition) is 1. The van der Waals surface area contributed by atoms with Crippen LogP contribution in [0, 0.1) is 0 Å². The molecular formula is C26H26N4O2S2. The van der Waals surface area contributed by atoms with Crippen LogP contribution < -0.4 is 0 Å². The van der Waals surface area contributed by atoms with E-state index < -0.39 is 0 Å². The highest BCUT2D eigenvalue weighted by Gasteiger charge is 2.21. The van der Waals surface area contributed by atoms with Gasteiger partial charge in [-0.15, -0.1) is 22.7 Å². The maximum atomic E-state index is 12.7. The Labute approximate surface area is 206 Å². The largest absolute Gasteiger partial charge is 0.379 e. The summed E-state index contributed by atoms with van der Waals surface area (Å²) in [6, 6.07) is 10.5. The Bertz CT molecular complexity index is 1330. The maximum absolute atomic E-state index is 12.7. The number of H-pyrrole nitrogens is 1. The summed E-state index contributed by atoms with van der Waals surface area (Å²) in [6.45, 7) is 6.00. The molecule has 6 heterocycles. The molecule has 0 radical (unpaired) electrons. The molecule has 1 saturated heterocycles. The number of ether oxygens (including phenoxy) is 1. The highest BCUT2D eigenvalue weighted by Crippen LogP contribution is 2.34. The number of fused-ring (bicyclic) bond motifs is 1. The summed E-state index contributed by atoms with van der Waals surface area (Å²) in [5.41, 5.74) is 4.52. The summed E-state index contributed by atoms with van der Waals surface area (Å²) < 4.78 is 5.47. The van der Waals surface area contributed by atoms with Gasteiger partial charge in [-0.05, 0) is 41.6 Å². The van der Waals surface area contributed by atoms with Crippen molar-refractivity contribution in [2.45, 2.75) is 13.0 Å². The number of nitrogens with zero attached hydrogens (tertiary/aromatic N) is 3.